The number of likely N-dealkylation sites (tertiary alicyclic amines) is 1. The summed E-state index contributed by atoms with van der Waals surface area (Å²) >= 11 is 0. The molecule has 0 atom stereocenters. The first-order valence-electron chi connectivity index (χ1n) is 6.64. The zero-order chi connectivity index (χ0) is 16.2. The minimum atomic E-state index is -4.36. The summed E-state index contributed by atoms with van der Waals surface area (Å²) in [6, 6.07) is 4.74. The van der Waals surface area contributed by atoms with Gasteiger partial charge in [0.1, 0.15) is 0 Å². The number of rotatable bonds is 4. The molecule has 22 heavy (non-hydrogen) atoms. The van der Waals surface area contributed by atoms with Gasteiger partial charge in [0.15, 0.2) is 0 Å². The highest BCUT2D eigenvalue weighted by molar-refractivity contribution is 5.75. The van der Waals surface area contributed by atoms with Crippen molar-refractivity contribution in [3.05, 3.63) is 35.4 Å². The number of halogens is 3. The molecule has 7 heteroatoms. The van der Waals surface area contributed by atoms with E-state index in [1.807, 2.05) is 0 Å². The van der Waals surface area contributed by atoms with Gasteiger partial charge in [-0.3, -0.25) is 0 Å². The first-order chi connectivity index (χ1) is 10.4. The first kappa shape index (κ1) is 16.2. The van der Waals surface area contributed by atoms with Crippen LogP contribution >= 0.6 is 0 Å². The lowest BCUT2D eigenvalue weighted by Gasteiger charge is -2.38. The number of carbonyl (C=O) groups excluding carboxylic acids is 1. The van der Waals surface area contributed by atoms with Crippen LogP contribution in [0.1, 0.15) is 11.1 Å². The van der Waals surface area contributed by atoms with Crippen LogP contribution in [0.15, 0.2) is 24.3 Å². The Bertz CT molecular complexity index is 575. The molecule has 0 unspecified atom stereocenters. The number of carbonyl (C=O) groups is 1. The van der Waals surface area contributed by atoms with Gasteiger partial charge in [-0.15, -0.1) is 6.42 Å². The monoisotopic (exact) mass is 312 g/mol. The van der Waals surface area contributed by atoms with Crippen LogP contribution < -0.4 is 5.32 Å². The lowest BCUT2D eigenvalue weighted by atomic mass is 10.1. The van der Waals surface area contributed by atoms with Crippen LogP contribution in [0.2, 0.25) is 0 Å². The molecular formula is C15H15F3N2O2. The molecule has 0 saturated carbocycles. The Morgan fingerprint density at radius 2 is 2.18 bits per heavy atom. The summed E-state index contributed by atoms with van der Waals surface area (Å²) in [6.07, 6.45) is 0.493. The Morgan fingerprint density at radius 3 is 2.82 bits per heavy atom. The molecule has 1 fully saturated rings. The van der Waals surface area contributed by atoms with E-state index < -0.39 is 11.7 Å². The molecule has 0 aromatic heterocycles. The van der Waals surface area contributed by atoms with Gasteiger partial charge in [0.25, 0.3) is 0 Å². The smallest absolute Gasteiger partial charge is 0.370 e. The molecule has 1 aromatic rings. The van der Waals surface area contributed by atoms with E-state index in [2.05, 4.69) is 11.2 Å². The van der Waals surface area contributed by atoms with Crippen LogP contribution in [0.5, 0.6) is 0 Å². The van der Waals surface area contributed by atoms with Crippen LogP contribution in [-0.2, 0) is 17.5 Å². The quantitative estimate of drug-likeness (QED) is 0.867. The number of benzene rings is 1. The van der Waals surface area contributed by atoms with Gasteiger partial charge in [-0.25, -0.2) is 4.79 Å². The molecule has 4 nitrogen and oxygen atoms in total. The predicted molar refractivity (Wildman–Crippen MR) is 73.8 cm³/mol. The SMILES string of the molecule is C#CCNC(=O)N1CC(OCc2cccc(C(F)(F)F)c2)C1. The van der Waals surface area contributed by atoms with Crippen molar-refractivity contribution in [1.29, 1.82) is 0 Å². The fraction of sp³-hybridized carbons (Fsp3) is 0.400. The molecule has 118 valence electrons. The van der Waals surface area contributed by atoms with E-state index in [0.29, 0.717) is 18.7 Å². The van der Waals surface area contributed by atoms with E-state index in [0.717, 1.165) is 12.1 Å². The molecule has 2 amide bonds. The highest BCUT2D eigenvalue weighted by Crippen LogP contribution is 2.29. The number of hydrogen-bond donors (Lipinski definition) is 1. The zero-order valence-corrected chi connectivity index (χ0v) is 11.7. The molecule has 1 N–H and O–H groups in total. The first-order valence-corrected chi connectivity index (χ1v) is 6.64. The van der Waals surface area contributed by atoms with E-state index in [-0.39, 0.29) is 25.3 Å². The van der Waals surface area contributed by atoms with E-state index >= 15 is 0 Å². The topological polar surface area (TPSA) is 41.6 Å². The Morgan fingerprint density at radius 1 is 1.45 bits per heavy atom. The van der Waals surface area contributed by atoms with Crippen molar-refractivity contribution >= 4 is 6.03 Å². The number of urea groups is 1. The lowest BCUT2D eigenvalue weighted by molar-refractivity contribution is -0.137. The Hall–Kier alpha value is -2.20. The lowest BCUT2D eigenvalue weighted by Crippen LogP contribution is -2.57. The summed E-state index contributed by atoms with van der Waals surface area (Å²) < 4.78 is 43.2. The number of terminal acetylenes is 1. The Labute approximate surface area is 126 Å². The normalized spacial score (nSPS) is 15.1. The minimum absolute atomic E-state index is 0.0778. The maximum absolute atomic E-state index is 12.6. The van der Waals surface area contributed by atoms with Crippen molar-refractivity contribution in [3.8, 4) is 12.3 Å². The van der Waals surface area contributed by atoms with Crippen molar-refractivity contribution in [2.45, 2.75) is 18.9 Å². The van der Waals surface area contributed by atoms with Crippen LogP contribution in [0.4, 0.5) is 18.0 Å². The van der Waals surface area contributed by atoms with Crippen LogP contribution in [0.3, 0.4) is 0 Å². The molecule has 1 heterocycles. The summed E-state index contributed by atoms with van der Waals surface area (Å²) in [5.41, 5.74) is -0.248. The van der Waals surface area contributed by atoms with Gasteiger partial charge in [0, 0.05) is 0 Å². The molecule has 1 aliphatic rings. The fourth-order valence-corrected chi connectivity index (χ4v) is 2.00. The molecule has 1 aromatic carbocycles. The van der Waals surface area contributed by atoms with Crippen molar-refractivity contribution in [3.63, 3.8) is 0 Å². The molecule has 0 aliphatic carbocycles. The van der Waals surface area contributed by atoms with Gasteiger partial charge in [0.2, 0.25) is 0 Å². The molecular weight excluding hydrogens is 297 g/mol. The van der Waals surface area contributed by atoms with E-state index in [1.165, 1.54) is 11.0 Å². The molecule has 2 rings (SSSR count). The zero-order valence-electron chi connectivity index (χ0n) is 11.7. The highest BCUT2D eigenvalue weighted by Gasteiger charge is 2.32. The van der Waals surface area contributed by atoms with Crippen molar-refractivity contribution in [1.82, 2.24) is 10.2 Å². The summed E-state index contributed by atoms with van der Waals surface area (Å²) in [7, 11) is 0. The van der Waals surface area contributed by atoms with Crippen LogP contribution in [0, 0.1) is 12.3 Å². The maximum atomic E-state index is 12.6. The van der Waals surface area contributed by atoms with Crippen molar-refractivity contribution in [2.24, 2.45) is 0 Å². The summed E-state index contributed by atoms with van der Waals surface area (Å²) in [6.45, 7) is 1.03. The Kier molecular flexibility index (Phi) is 4.93. The number of hydrogen-bond acceptors (Lipinski definition) is 2. The fourth-order valence-electron chi connectivity index (χ4n) is 2.00. The van der Waals surface area contributed by atoms with Gasteiger partial charge < -0.3 is 15.0 Å². The van der Waals surface area contributed by atoms with E-state index in [1.54, 1.807) is 6.07 Å². The third-order valence-corrected chi connectivity index (χ3v) is 3.22. The van der Waals surface area contributed by atoms with Gasteiger partial charge in [-0.1, -0.05) is 18.1 Å². The summed E-state index contributed by atoms with van der Waals surface area (Å²) in [5.74, 6) is 2.30. The number of nitrogens with zero attached hydrogens (tertiary/aromatic N) is 1. The molecule has 0 bridgehead atoms. The van der Waals surface area contributed by atoms with Crippen molar-refractivity contribution < 1.29 is 22.7 Å². The predicted octanol–water partition coefficient (Wildman–Crippen LogP) is 2.25. The summed E-state index contributed by atoms with van der Waals surface area (Å²) in [4.78, 5) is 13.0. The standard InChI is InChI=1S/C15H15F3N2O2/c1-2-6-19-14(21)20-8-13(9-20)22-10-11-4-3-5-12(7-11)15(16,17)18/h1,3-5,7,13H,6,8-10H2,(H,19,21). The second-order valence-electron chi connectivity index (χ2n) is 4.90. The third kappa shape index (κ3) is 4.15. The average Bonchev–Trinajstić information content (AvgIpc) is 2.42. The third-order valence-electron chi connectivity index (χ3n) is 3.22. The second kappa shape index (κ2) is 6.71. The van der Waals surface area contributed by atoms with Gasteiger partial charge in [-0.05, 0) is 17.7 Å². The second-order valence-corrected chi connectivity index (χ2v) is 4.90. The minimum Gasteiger partial charge on any atom is -0.370 e. The van der Waals surface area contributed by atoms with E-state index in [9.17, 15) is 18.0 Å². The number of nitrogens with one attached hydrogen (secondary N) is 1. The van der Waals surface area contributed by atoms with Crippen LogP contribution in [-0.4, -0.2) is 36.7 Å². The number of amides is 2. The molecule has 0 spiro atoms. The number of ether oxygens (including phenoxy) is 1. The van der Waals surface area contributed by atoms with E-state index in [4.69, 9.17) is 11.2 Å². The summed E-state index contributed by atoms with van der Waals surface area (Å²) in [5, 5.41) is 2.52. The van der Waals surface area contributed by atoms with Gasteiger partial charge >= 0.3 is 12.2 Å². The van der Waals surface area contributed by atoms with Crippen molar-refractivity contribution in [2.75, 3.05) is 19.6 Å². The largest absolute Gasteiger partial charge is 0.416 e. The number of alkyl halides is 3. The van der Waals surface area contributed by atoms with Gasteiger partial charge in [0.05, 0.1) is 37.9 Å². The Balaban J connectivity index is 1.77. The molecule has 0 radical (unpaired) electrons. The maximum Gasteiger partial charge on any atom is 0.416 e. The van der Waals surface area contributed by atoms with Crippen LogP contribution in [0.25, 0.3) is 0 Å². The molecule has 1 aliphatic heterocycles. The van der Waals surface area contributed by atoms with Gasteiger partial charge in [-0.2, -0.15) is 13.2 Å². The highest BCUT2D eigenvalue weighted by atomic mass is 19.4. The average molecular weight is 312 g/mol. The molecule has 1 saturated heterocycles.